The molecule has 1 N–H and O–H groups in total. The molecule has 0 amide bonds. The molecule has 40 heavy (non-hydrogen) atoms. The Balaban J connectivity index is 1.98. The zero-order valence-corrected chi connectivity index (χ0v) is 23.9. The van der Waals surface area contributed by atoms with Crippen LogP contribution in [0.3, 0.4) is 0 Å². The first-order valence-electron chi connectivity index (χ1n) is 12.4. The number of sulfone groups is 1. The summed E-state index contributed by atoms with van der Waals surface area (Å²) in [5.74, 6) is -0.655. The van der Waals surface area contributed by atoms with E-state index < -0.39 is 54.5 Å². The van der Waals surface area contributed by atoms with Crippen molar-refractivity contribution in [2.75, 3.05) is 19.7 Å². The van der Waals surface area contributed by atoms with E-state index in [1.165, 1.54) is 49.4 Å². The van der Waals surface area contributed by atoms with E-state index in [9.17, 15) is 31.5 Å². The molecule has 0 atom stereocenters. The number of benzene rings is 2. The van der Waals surface area contributed by atoms with Crippen LogP contribution in [0.2, 0.25) is 0 Å². The maximum atomic E-state index is 13.3. The molecule has 13 heteroatoms. The van der Waals surface area contributed by atoms with Gasteiger partial charge in [0.25, 0.3) is 5.56 Å². The Bertz CT molecular complexity index is 1720. The zero-order valence-electron chi connectivity index (χ0n) is 22.3. The average Bonchev–Trinajstić information content (AvgIpc) is 2.94. The first kappa shape index (κ1) is 30.6. The number of hydrogen-bond acceptors (Lipinski definition) is 9. The highest BCUT2D eigenvalue weighted by molar-refractivity contribution is 8.12. The highest BCUT2D eigenvalue weighted by atomic mass is 32.3. The largest absolute Gasteiger partial charge is 0.494 e. The number of nitrogens with zero attached hydrogens (tertiary/aromatic N) is 3. The van der Waals surface area contributed by atoms with E-state index in [1.54, 1.807) is 30.5 Å². The van der Waals surface area contributed by atoms with E-state index >= 15 is 0 Å². The van der Waals surface area contributed by atoms with Gasteiger partial charge in [0.05, 0.1) is 29.3 Å². The maximum absolute atomic E-state index is 13.3. The summed E-state index contributed by atoms with van der Waals surface area (Å²) in [6, 6.07) is 15.0. The van der Waals surface area contributed by atoms with Crippen molar-refractivity contribution in [2.45, 2.75) is 32.2 Å². The van der Waals surface area contributed by atoms with E-state index in [4.69, 9.17) is 4.18 Å². The monoisotopic (exact) mass is 589 g/mol. The Morgan fingerprint density at radius 1 is 0.950 bits per heavy atom. The summed E-state index contributed by atoms with van der Waals surface area (Å²) >= 11 is 0. The topological polar surface area (TPSA) is 145 Å². The molecule has 0 aliphatic rings. The predicted octanol–water partition coefficient (Wildman–Crippen LogP) is 2.53. The van der Waals surface area contributed by atoms with Gasteiger partial charge in [-0.1, -0.05) is 36.4 Å². The third-order valence-corrected chi connectivity index (χ3v) is 9.95. The van der Waals surface area contributed by atoms with Gasteiger partial charge in [0.15, 0.2) is 4.24 Å². The molecular formula is C27H31N3O8S2. The van der Waals surface area contributed by atoms with Crippen LogP contribution in [-0.4, -0.2) is 55.7 Å². The molecule has 1 heterocycles. The molecule has 0 bridgehead atoms. The molecule has 214 valence electrons. The number of aromatic hydroxyl groups is 1. The van der Waals surface area contributed by atoms with Gasteiger partial charge < -0.3 is 10.0 Å². The van der Waals surface area contributed by atoms with Crippen LogP contribution in [-0.2, 0) is 30.7 Å². The highest BCUT2D eigenvalue weighted by Crippen LogP contribution is 2.25. The van der Waals surface area contributed by atoms with Gasteiger partial charge in [-0.25, -0.2) is 17.8 Å². The summed E-state index contributed by atoms with van der Waals surface area (Å²) in [6.45, 7) is 5.13. The van der Waals surface area contributed by atoms with E-state index in [0.717, 1.165) is 15.2 Å². The quantitative estimate of drug-likeness (QED) is 0.249. The molecule has 0 aliphatic carbocycles. The minimum atomic E-state index is -4.88. The smallest absolute Gasteiger partial charge is 0.338 e. The maximum Gasteiger partial charge on any atom is 0.338 e. The van der Waals surface area contributed by atoms with Gasteiger partial charge in [-0.05, 0) is 63.4 Å². The summed E-state index contributed by atoms with van der Waals surface area (Å²) in [5, 5.41) is 10.5. The van der Waals surface area contributed by atoms with Crippen molar-refractivity contribution in [3.8, 4) is 11.6 Å². The first-order chi connectivity index (χ1) is 19.0. The van der Waals surface area contributed by atoms with Gasteiger partial charge in [-0.2, -0.15) is 8.42 Å². The van der Waals surface area contributed by atoms with Crippen molar-refractivity contribution in [3.05, 3.63) is 110 Å². The molecule has 1 aromatic heterocycles. The van der Waals surface area contributed by atoms with Crippen molar-refractivity contribution in [3.63, 3.8) is 0 Å². The zero-order chi connectivity index (χ0) is 29.5. The second-order valence-electron chi connectivity index (χ2n) is 8.50. The summed E-state index contributed by atoms with van der Waals surface area (Å²) in [5.41, 5.74) is -1.55. The van der Waals surface area contributed by atoms with Gasteiger partial charge in [0, 0.05) is 13.1 Å². The molecule has 3 rings (SSSR count). The van der Waals surface area contributed by atoms with E-state index in [1.807, 2.05) is 18.7 Å². The van der Waals surface area contributed by atoms with Crippen LogP contribution in [0.25, 0.3) is 5.69 Å². The first-order valence-corrected chi connectivity index (χ1v) is 15.3. The number of hydrogen-bond donors (Lipinski definition) is 1. The molecule has 0 spiro atoms. The van der Waals surface area contributed by atoms with Crippen LogP contribution < -0.4 is 11.2 Å². The second-order valence-corrected chi connectivity index (χ2v) is 12.3. The lowest BCUT2D eigenvalue weighted by molar-refractivity contribution is 0.286. The minimum absolute atomic E-state index is 0.139. The summed E-state index contributed by atoms with van der Waals surface area (Å²) < 4.78 is 58.7. The van der Waals surface area contributed by atoms with Crippen LogP contribution in [0.15, 0.2) is 97.7 Å². The van der Waals surface area contributed by atoms with Crippen molar-refractivity contribution < 1.29 is 26.1 Å². The molecular weight excluding hydrogens is 558 g/mol. The molecule has 0 aliphatic heterocycles. The van der Waals surface area contributed by atoms with Crippen LogP contribution in [0, 0.1) is 6.92 Å². The van der Waals surface area contributed by atoms with Crippen molar-refractivity contribution in [1.82, 2.24) is 14.0 Å². The van der Waals surface area contributed by atoms with Gasteiger partial charge in [-0.3, -0.25) is 13.5 Å². The lowest BCUT2D eigenvalue weighted by Gasteiger charge is -2.15. The Labute approximate surface area is 232 Å². The molecule has 0 radical (unpaired) electrons. The minimum Gasteiger partial charge on any atom is -0.494 e. The van der Waals surface area contributed by atoms with Gasteiger partial charge in [-0.15, -0.1) is 0 Å². The Hall–Kier alpha value is -3.94. The number of rotatable bonds is 12. The Kier molecular flexibility index (Phi) is 9.90. The third-order valence-electron chi connectivity index (χ3n) is 6.01. The van der Waals surface area contributed by atoms with Crippen molar-refractivity contribution >= 4 is 20.0 Å². The number of aromatic nitrogens is 2. The molecule has 0 saturated carbocycles. The van der Waals surface area contributed by atoms with E-state index in [-0.39, 0.29) is 16.1 Å². The van der Waals surface area contributed by atoms with E-state index in [2.05, 4.69) is 0 Å². The average molecular weight is 590 g/mol. The van der Waals surface area contributed by atoms with E-state index in [0.29, 0.717) is 13.1 Å². The summed E-state index contributed by atoms with van der Waals surface area (Å²) in [6.07, 6.45) is 3.81. The van der Waals surface area contributed by atoms with Crippen LogP contribution in [0.4, 0.5) is 0 Å². The van der Waals surface area contributed by atoms with Crippen LogP contribution in [0.5, 0.6) is 5.88 Å². The molecule has 11 nitrogen and oxygen atoms in total. The molecule has 0 unspecified atom stereocenters. The number of para-hydroxylation sites is 1. The second kappa shape index (κ2) is 12.9. The SMILES string of the molecule is CCN(C=CC=C(S(=O)(=O)OCCn1c(O)c(C)c(=O)n(-c2ccccc2)c1=O)S(=O)(=O)c1ccccc1)CC. The lowest BCUT2D eigenvalue weighted by atomic mass is 10.3. The fourth-order valence-electron chi connectivity index (χ4n) is 3.77. The van der Waals surface area contributed by atoms with Gasteiger partial charge >= 0.3 is 15.8 Å². The Morgan fingerprint density at radius 2 is 1.52 bits per heavy atom. The molecule has 0 fully saturated rings. The van der Waals surface area contributed by atoms with Gasteiger partial charge in [0.1, 0.15) is 0 Å². The molecule has 0 saturated heterocycles. The fraction of sp³-hybridized carbons (Fsp3) is 0.259. The fourth-order valence-corrected chi connectivity index (χ4v) is 6.94. The summed E-state index contributed by atoms with van der Waals surface area (Å²) in [7, 11) is -9.40. The van der Waals surface area contributed by atoms with Crippen molar-refractivity contribution in [1.29, 1.82) is 0 Å². The third kappa shape index (κ3) is 6.61. The van der Waals surface area contributed by atoms with Crippen LogP contribution >= 0.6 is 0 Å². The predicted molar refractivity (Wildman–Crippen MR) is 151 cm³/mol. The molecule has 3 aromatic rings. The van der Waals surface area contributed by atoms with Gasteiger partial charge in [0.2, 0.25) is 15.7 Å². The highest BCUT2D eigenvalue weighted by Gasteiger charge is 2.33. The normalized spacial score (nSPS) is 12.6. The van der Waals surface area contributed by atoms with Crippen LogP contribution in [0.1, 0.15) is 19.4 Å². The Morgan fingerprint density at radius 3 is 2.10 bits per heavy atom. The lowest BCUT2D eigenvalue weighted by Crippen LogP contribution is -2.40. The molecule has 2 aromatic carbocycles. The van der Waals surface area contributed by atoms with Crippen molar-refractivity contribution in [2.24, 2.45) is 0 Å². The standard InChI is InChI=1S/C27H31N3O8S2/c1-4-28(5-2)18-12-17-24(39(34,35)23-15-10-7-11-16-23)40(36,37)38-20-19-29-25(31)21(3)26(32)30(27(29)33)22-13-8-6-9-14-22/h6-18,31H,4-5,19-20H2,1-3H3. The number of allylic oxidation sites excluding steroid dienone is 2. The summed E-state index contributed by atoms with van der Waals surface area (Å²) in [4.78, 5) is 27.4.